The highest BCUT2D eigenvalue weighted by molar-refractivity contribution is 5.99. The van der Waals surface area contributed by atoms with Gasteiger partial charge in [0.15, 0.2) is 0 Å². The molecule has 4 N–H and O–H groups in total. The number of carbonyl (C=O) groups excluding carboxylic acids is 2. The molecule has 1 aromatic carbocycles. The van der Waals surface area contributed by atoms with E-state index in [1.54, 1.807) is 12.1 Å². The van der Waals surface area contributed by atoms with Crippen molar-refractivity contribution in [3.63, 3.8) is 0 Å². The molecule has 2 amide bonds. The molecule has 0 aliphatic carbocycles. The zero-order valence-corrected chi connectivity index (χ0v) is 13.2. The van der Waals surface area contributed by atoms with E-state index in [1.807, 2.05) is 33.8 Å². The fraction of sp³-hybridized carbons (Fsp3) is 0.500. The fourth-order valence-corrected chi connectivity index (χ4v) is 2.00. The molecule has 0 unspecified atom stereocenters. The predicted molar refractivity (Wildman–Crippen MR) is 85.2 cm³/mol. The number of nitrogens with one attached hydrogen (secondary N) is 2. The summed E-state index contributed by atoms with van der Waals surface area (Å²) in [6, 6.07) is 4.69. The van der Waals surface area contributed by atoms with Gasteiger partial charge in [-0.05, 0) is 43.9 Å². The van der Waals surface area contributed by atoms with Crippen LogP contribution in [-0.4, -0.2) is 24.4 Å². The van der Waals surface area contributed by atoms with Gasteiger partial charge in [-0.3, -0.25) is 9.59 Å². The Balaban J connectivity index is 2.85. The molecule has 0 aliphatic rings. The Bertz CT molecular complexity index is 512. The number of aryl methyl sites for hydroxylation is 1. The van der Waals surface area contributed by atoms with Gasteiger partial charge in [-0.1, -0.05) is 19.9 Å². The van der Waals surface area contributed by atoms with Crippen molar-refractivity contribution in [2.75, 3.05) is 11.9 Å². The van der Waals surface area contributed by atoms with E-state index in [1.165, 1.54) is 0 Å². The summed E-state index contributed by atoms with van der Waals surface area (Å²) in [4.78, 5) is 23.9. The molecule has 1 aromatic rings. The first-order valence-corrected chi connectivity index (χ1v) is 7.30. The van der Waals surface area contributed by atoms with Gasteiger partial charge < -0.3 is 16.4 Å². The van der Waals surface area contributed by atoms with Crippen molar-refractivity contribution in [1.29, 1.82) is 0 Å². The minimum Gasteiger partial charge on any atom is -0.352 e. The van der Waals surface area contributed by atoms with Crippen LogP contribution in [0.5, 0.6) is 0 Å². The van der Waals surface area contributed by atoms with E-state index in [0.717, 1.165) is 5.56 Å². The maximum Gasteiger partial charge on any atom is 0.251 e. The molecule has 21 heavy (non-hydrogen) atoms. The smallest absolute Gasteiger partial charge is 0.251 e. The van der Waals surface area contributed by atoms with Crippen LogP contribution in [0.3, 0.4) is 0 Å². The molecule has 0 saturated heterocycles. The van der Waals surface area contributed by atoms with Gasteiger partial charge in [0.05, 0.1) is 6.04 Å². The SMILES string of the molecule is CCNC(=O)c1ccc(C)c(NC(=O)[C@@H](N)CC(C)C)c1. The lowest BCUT2D eigenvalue weighted by molar-refractivity contribution is -0.117. The van der Waals surface area contributed by atoms with Crippen molar-refractivity contribution in [2.45, 2.75) is 40.2 Å². The van der Waals surface area contributed by atoms with Crippen LogP contribution in [0.4, 0.5) is 5.69 Å². The molecule has 116 valence electrons. The van der Waals surface area contributed by atoms with Gasteiger partial charge in [0, 0.05) is 17.8 Å². The van der Waals surface area contributed by atoms with Crippen molar-refractivity contribution in [3.8, 4) is 0 Å². The van der Waals surface area contributed by atoms with Crippen LogP contribution in [0, 0.1) is 12.8 Å². The molecule has 0 saturated carbocycles. The lowest BCUT2D eigenvalue weighted by Gasteiger charge is -2.16. The first-order chi connectivity index (χ1) is 9.85. The van der Waals surface area contributed by atoms with Crippen LogP contribution in [0.15, 0.2) is 18.2 Å². The molecule has 0 aliphatic heterocycles. The molecule has 1 rings (SSSR count). The second kappa shape index (κ2) is 7.78. The Morgan fingerprint density at radius 1 is 1.29 bits per heavy atom. The summed E-state index contributed by atoms with van der Waals surface area (Å²) in [5.41, 5.74) is 7.92. The highest BCUT2D eigenvalue weighted by Gasteiger charge is 2.16. The molecule has 0 heterocycles. The largest absolute Gasteiger partial charge is 0.352 e. The van der Waals surface area contributed by atoms with Gasteiger partial charge in [-0.15, -0.1) is 0 Å². The first kappa shape index (κ1) is 17.2. The van der Waals surface area contributed by atoms with Crippen molar-refractivity contribution >= 4 is 17.5 Å². The van der Waals surface area contributed by atoms with Gasteiger partial charge in [-0.2, -0.15) is 0 Å². The highest BCUT2D eigenvalue weighted by Crippen LogP contribution is 2.17. The topological polar surface area (TPSA) is 84.2 Å². The molecule has 5 heteroatoms. The Kier molecular flexibility index (Phi) is 6.37. The van der Waals surface area contributed by atoms with Crippen molar-refractivity contribution in [2.24, 2.45) is 11.7 Å². The van der Waals surface area contributed by atoms with Crippen LogP contribution in [0.2, 0.25) is 0 Å². The van der Waals surface area contributed by atoms with E-state index < -0.39 is 6.04 Å². The van der Waals surface area contributed by atoms with Crippen molar-refractivity contribution < 1.29 is 9.59 Å². The zero-order valence-electron chi connectivity index (χ0n) is 13.2. The lowest BCUT2D eigenvalue weighted by Crippen LogP contribution is -2.36. The number of anilines is 1. The van der Waals surface area contributed by atoms with E-state index in [0.29, 0.717) is 30.1 Å². The third-order valence-corrected chi connectivity index (χ3v) is 3.16. The fourth-order valence-electron chi connectivity index (χ4n) is 2.00. The van der Waals surface area contributed by atoms with E-state index >= 15 is 0 Å². The summed E-state index contributed by atoms with van der Waals surface area (Å²) in [6.45, 7) is 8.35. The summed E-state index contributed by atoms with van der Waals surface area (Å²) in [5, 5.41) is 5.54. The van der Waals surface area contributed by atoms with E-state index in [2.05, 4.69) is 10.6 Å². The summed E-state index contributed by atoms with van der Waals surface area (Å²) in [7, 11) is 0. The maximum atomic E-state index is 12.1. The summed E-state index contributed by atoms with van der Waals surface area (Å²) in [6.07, 6.45) is 0.626. The molecule has 5 nitrogen and oxygen atoms in total. The number of nitrogens with two attached hydrogens (primary N) is 1. The molecule has 1 atom stereocenters. The second-order valence-electron chi connectivity index (χ2n) is 5.61. The van der Waals surface area contributed by atoms with Crippen LogP contribution in [0.25, 0.3) is 0 Å². The monoisotopic (exact) mass is 291 g/mol. The Labute approximate surface area is 126 Å². The molecule has 0 fully saturated rings. The third kappa shape index (κ3) is 5.19. The van der Waals surface area contributed by atoms with E-state index in [4.69, 9.17) is 5.73 Å². The van der Waals surface area contributed by atoms with Crippen LogP contribution < -0.4 is 16.4 Å². The number of rotatable bonds is 6. The van der Waals surface area contributed by atoms with Gasteiger partial charge in [0.2, 0.25) is 5.91 Å². The average Bonchev–Trinajstić information content (AvgIpc) is 2.40. The molecule has 0 aromatic heterocycles. The quantitative estimate of drug-likeness (QED) is 0.750. The average molecular weight is 291 g/mol. The zero-order chi connectivity index (χ0) is 16.0. The van der Waals surface area contributed by atoms with Gasteiger partial charge in [0.25, 0.3) is 5.91 Å². The van der Waals surface area contributed by atoms with Crippen molar-refractivity contribution in [1.82, 2.24) is 5.32 Å². The first-order valence-electron chi connectivity index (χ1n) is 7.30. The molecule has 0 spiro atoms. The number of carbonyl (C=O) groups is 2. The Morgan fingerprint density at radius 3 is 2.52 bits per heavy atom. The lowest BCUT2D eigenvalue weighted by atomic mass is 10.0. The van der Waals surface area contributed by atoms with E-state index in [-0.39, 0.29) is 11.8 Å². The van der Waals surface area contributed by atoms with Crippen LogP contribution in [-0.2, 0) is 4.79 Å². The van der Waals surface area contributed by atoms with E-state index in [9.17, 15) is 9.59 Å². The minimum atomic E-state index is -0.544. The molecular formula is C16H25N3O2. The number of amides is 2. The Morgan fingerprint density at radius 2 is 1.95 bits per heavy atom. The highest BCUT2D eigenvalue weighted by atomic mass is 16.2. The van der Waals surface area contributed by atoms with Gasteiger partial charge in [-0.25, -0.2) is 0 Å². The predicted octanol–water partition coefficient (Wildman–Crippen LogP) is 2.06. The minimum absolute atomic E-state index is 0.153. The van der Waals surface area contributed by atoms with Crippen LogP contribution in [0.1, 0.15) is 43.1 Å². The standard InChI is InChI=1S/C16H25N3O2/c1-5-18-15(20)12-7-6-11(4)14(9-12)19-16(21)13(17)8-10(2)3/h6-7,9-10,13H,5,8,17H2,1-4H3,(H,18,20)(H,19,21)/t13-/m0/s1. The third-order valence-electron chi connectivity index (χ3n) is 3.16. The number of hydrogen-bond donors (Lipinski definition) is 3. The maximum absolute atomic E-state index is 12.1. The van der Waals surface area contributed by atoms with Crippen LogP contribution >= 0.6 is 0 Å². The van der Waals surface area contributed by atoms with Gasteiger partial charge >= 0.3 is 0 Å². The molecular weight excluding hydrogens is 266 g/mol. The number of hydrogen-bond acceptors (Lipinski definition) is 3. The molecule has 0 radical (unpaired) electrons. The molecule has 0 bridgehead atoms. The summed E-state index contributed by atoms with van der Waals surface area (Å²) >= 11 is 0. The Hall–Kier alpha value is -1.88. The summed E-state index contributed by atoms with van der Waals surface area (Å²) < 4.78 is 0. The normalized spacial score (nSPS) is 12.1. The van der Waals surface area contributed by atoms with Crippen molar-refractivity contribution in [3.05, 3.63) is 29.3 Å². The number of benzene rings is 1. The summed E-state index contributed by atoms with van der Waals surface area (Å²) in [5.74, 6) is -0.0205. The van der Waals surface area contributed by atoms with Gasteiger partial charge in [0.1, 0.15) is 0 Å². The second-order valence-corrected chi connectivity index (χ2v) is 5.61.